The van der Waals surface area contributed by atoms with Gasteiger partial charge in [-0.3, -0.25) is 0 Å². The number of aryl methyl sites for hydroxylation is 2. The van der Waals surface area contributed by atoms with Crippen molar-refractivity contribution < 1.29 is 0 Å². The highest BCUT2D eigenvalue weighted by molar-refractivity contribution is 6.30. The largest absolute Gasteiger partial charge is 0.344 e. The van der Waals surface area contributed by atoms with E-state index in [4.69, 9.17) is 17.3 Å². The first kappa shape index (κ1) is 15.9. The van der Waals surface area contributed by atoms with E-state index in [-0.39, 0.29) is 6.04 Å². The quantitative estimate of drug-likeness (QED) is 0.893. The fourth-order valence-electron chi connectivity index (χ4n) is 2.68. The van der Waals surface area contributed by atoms with Gasteiger partial charge < -0.3 is 10.6 Å². The van der Waals surface area contributed by atoms with Crippen LogP contribution in [0.2, 0.25) is 5.02 Å². The van der Waals surface area contributed by atoms with E-state index in [9.17, 15) is 0 Å². The summed E-state index contributed by atoms with van der Waals surface area (Å²) in [5.41, 5.74) is 12.0. The molecule has 2 aromatic rings. The summed E-state index contributed by atoms with van der Waals surface area (Å²) in [6.45, 7) is 6.26. The minimum absolute atomic E-state index is 0.106. The van der Waals surface area contributed by atoms with Crippen LogP contribution >= 0.6 is 11.6 Å². The number of nitrogens with two attached hydrogens (primary N) is 1. The van der Waals surface area contributed by atoms with Crippen LogP contribution in [0.4, 0.5) is 11.4 Å². The van der Waals surface area contributed by atoms with Crippen LogP contribution in [0, 0.1) is 13.8 Å². The van der Waals surface area contributed by atoms with Crippen molar-refractivity contribution in [1.82, 2.24) is 0 Å². The highest BCUT2D eigenvalue weighted by atomic mass is 35.5. The van der Waals surface area contributed by atoms with Crippen LogP contribution < -0.4 is 10.6 Å². The molecule has 0 saturated carbocycles. The van der Waals surface area contributed by atoms with Crippen molar-refractivity contribution in [2.75, 3.05) is 11.9 Å². The summed E-state index contributed by atoms with van der Waals surface area (Å²) in [6, 6.07) is 12.7. The lowest BCUT2D eigenvalue weighted by molar-refractivity contribution is 0.737. The molecule has 2 N–H and O–H groups in total. The van der Waals surface area contributed by atoms with E-state index < -0.39 is 0 Å². The average molecular weight is 303 g/mol. The summed E-state index contributed by atoms with van der Waals surface area (Å²) in [6.07, 6.45) is 0.811. The average Bonchev–Trinajstić information content (AvgIpc) is 2.36. The second-order valence-electron chi connectivity index (χ2n) is 5.86. The third-order valence-electron chi connectivity index (χ3n) is 3.54. The van der Waals surface area contributed by atoms with Crippen molar-refractivity contribution in [2.45, 2.75) is 33.2 Å². The number of benzene rings is 2. The maximum Gasteiger partial charge on any atom is 0.0442 e. The van der Waals surface area contributed by atoms with E-state index in [0.29, 0.717) is 0 Å². The number of halogens is 1. The predicted octanol–water partition coefficient (Wildman–Crippen LogP) is 4.61. The molecule has 112 valence electrons. The van der Waals surface area contributed by atoms with E-state index in [2.05, 4.69) is 50.1 Å². The smallest absolute Gasteiger partial charge is 0.0442 e. The Morgan fingerprint density at radius 1 is 1.10 bits per heavy atom. The van der Waals surface area contributed by atoms with Gasteiger partial charge in [0, 0.05) is 29.5 Å². The van der Waals surface area contributed by atoms with E-state index in [0.717, 1.165) is 17.1 Å². The lowest BCUT2D eigenvalue weighted by atomic mass is 10.0. The number of anilines is 2. The highest BCUT2D eigenvalue weighted by Crippen LogP contribution is 2.31. The van der Waals surface area contributed by atoms with Gasteiger partial charge >= 0.3 is 0 Å². The number of rotatable bonds is 4. The second-order valence-corrected chi connectivity index (χ2v) is 6.30. The third kappa shape index (κ3) is 3.99. The standard InChI is InChI=1S/C18H23ClN2/c1-12-7-13(2)9-17(8-12)21(4)18-6-5-16(19)11-15(18)10-14(3)20/h5-9,11,14H,10,20H2,1-4H3. The summed E-state index contributed by atoms with van der Waals surface area (Å²) in [7, 11) is 2.09. The molecule has 2 aromatic carbocycles. The van der Waals surface area contributed by atoms with E-state index in [1.54, 1.807) is 0 Å². The van der Waals surface area contributed by atoms with Gasteiger partial charge in [-0.05, 0) is 74.2 Å². The molecule has 1 atom stereocenters. The normalized spacial score (nSPS) is 12.3. The summed E-state index contributed by atoms with van der Waals surface area (Å²) < 4.78 is 0. The molecule has 3 heteroatoms. The van der Waals surface area contributed by atoms with Gasteiger partial charge in [0.25, 0.3) is 0 Å². The van der Waals surface area contributed by atoms with Gasteiger partial charge in [-0.25, -0.2) is 0 Å². The monoisotopic (exact) mass is 302 g/mol. The molecule has 0 aliphatic heterocycles. The first-order chi connectivity index (χ1) is 9.86. The minimum atomic E-state index is 0.106. The van der Waals surface area contributed by atoms with Gasteiger partial charge in [0.1, 0.15) is 0 Å². The molecule has 0 aliphatic rings. The van der Waals surface area contributed by atoms with Crippen molar-refractivity contribution in [1.29, 1.82) is 0 Å². The Labute approximate surface area is 132 Å². The maximum absolute atomic E-state index is 6.14. The first-order valence-corrected chi connectivity index (χ1v) is 7.60. The van der Waals surface area contributed by atoms with Gasteiger partial charge in [-0.1, -0.05) is 17.7 Å². The Bertz CT molecular complexity index is 615. The van der Waals surface area contributed by atoms with Crippen LogP contribution in [-0.2, 0) is 6.42 Å². The molecule has 2 nitrogen and oxygen atoms in total. The zero-order valence-electron chi connectivity index (χ0n) is 13.2. The van der Waals surface area contributed by atoms with Gasteiger partial charge in [-0.15, -0.1) is 0 Å². The summed E-state index contributed by atoms with van der Waals surface area (Å²) in [5, 5.41) is 0.753. The molecule has 0 radical (unpaired) electrons. The molecule has 0 aromatic heterocycles. The Balaban J connectivity index is 2.44. The van der Waals surface area contributed by atoms with Crippen molar-refractivity contribution >= 4 is 23.0 Å². The van der Waals surface area contributed by atoms with Crippen LogP contribution in [0.25, 0.3) is 0 Å². The molecule has 0 fully saturated rings. The van der Waals surface area contributed by atoms with Crippen LogP contribution in [0.5, 0.6) is 0 Å². The number of hydrogen-bond donors (Lipinski definition) is 1. The van der Waals surface area contributed by atoms with E-state index in [1.165, 1.54) is 22.4 Å². The van der Waals surface area contributed by atoms with E-state index >= 15 is 0 Å². The molecule has 0 amide bonds. The minimum Gasteiger partial charge on any atom is -0.344 e. The summed E-state index contributed by atoms with van der Waals surface area (Å²) >= 11 is 6.14. The van der Waals surface area contributed by atoms with Crippen molar-refractivity contribution in [3.8, 4) is 0 Å². The van der Waals surface area contributed by atoms with Crippen LogP contribution in [0.3, 0.4) is 0 Å². The Hall–Kier alpha value is -1.51. The van der Waals surface area contributed by atoms with Crippen molar-refractivity contribution in [2.24, 2.45) is 5.73 Å². The zero-order valence-corrected chi connectivity index (χ0v) is 13.9. The van der Waals surface area contributed by atoms with Gasteiger partial charge in [0.2, 0.25) is 0 Å². The Kier molecular flexibility index (Phi) is 4.92. The lowest BCUT2D eigenvalue weighted by Crippen LogP contribution is -2.20. The van der Waals surface area contributed by atoms with E-state index in [1.807, 2.05) is 19.1 Å². The highest BCUT2D eigenvalue weighted by Gasteiger charge is 2.12. The maximum atomic E-state index is 6.14. The molecular weight excluding hydrogens is 280 g/mol. The zero-order chi connectivity index (χ0) is 15.6. The molecule has 0 aliphatic carbocycles. The fraction of sp³-hybridized carbons (Fsp3) is 0.333. The van der Waals surface area contributed by atoms with Crippen LogP contribution in [0.1, 0.15) is 23.6 Å². The Morgan fingerprint density at radius 3 is 2.29 bits per heavy atom. The van der Waals surface area contributed by atoms with Crippen LogP contribution in [-0.4, -0.2) is 13.1 Å². The molecule has 0 heterocycles. The topological polar surface area (TPSA) is 29.3 Å². The summed E-state index contributed by atoms with van der Waals surface area (Å²) in [4.78, 5) is 2.20. The predicted molar refractivity (Wildman–Crippen MR) is 92.8 cm³/mol. The van der Waals surface area contributed by atoms with Gasteiger partial charge in [0.15, 0.2) is 0 Å². The molecule has 0 bridgehead atoms. The second kappa shape index (κ2) is 6.50. The molecule has 21 heavy (non-hydrogen) atoms. The van der Waals surface area contributed by atoms with Crippen molar-refractivity contribution in [3.63, 3.8) is 0 Å². The molecule has 1 unspecified atom stereocenters. The summed E-state index contributed by atoms with van der Waals surface area (Å²) in [5.74, 6) is 0. The van der Waals surface area contributed by atoms with Crippen molar-refractivity contribution in [3.05, 3.63) is 58.1 Å². The van der Waals surface area contributed by atoms with Gasteiger partial charge in [0.05, 0.1) is 0 Å². The first-order valence-electron chi connectivity index (χ1n) is 7.23. The third-order valence-corrected chi connectivity index (χ3v) is 3.77. The molecule has 2 rings (SSSR count). The number of hydrogen-bond acceptors (Lipinski definition) is 2. The van der Waals surface area contributed by atoms with Gasteiger partial charge in [-0.2, -0.15) is 0 Å². The molecular formula is C18H23ClN2. The van der Waals surface area contributed by atoms with Crippen LogP contribution in [0.15, 0.2) is 36.4 Å². The lowest BCUT2D eigenvalue weighted by Gasteiger charge is -2.24. The number of nitrogens with zero attached hydrogens (tertiary/aromatic N) is 1. The molecule has 0 spiro atoms. The molecule has 0 saturated heterocycles. The SMILES string of the molecule is Cc1cc(C)cc(N(C)c2ccc(Cl)cc2CC(C)N)c1. The Morgan fingerprint density at radius 2 is 1.71 bits per heavy atom. The fourth-order valence-corrected chi connectivity index (χ4v) is 2.87.